The first kappa shape index (κ1) is 19.9. The van der Waals surface area contributed by atoms with Crippen LogP contribution in [0, 0.1) is 6.92 Å². The van der Waals surface area contributed by atoms with Crippen molar-refractivity contribution in [2.75, 3.05) is 30.4 Å². The van der Waals surface area contributed by atoms with Crippen LogP contribution >= 0.6 is 0 Å². The second-order valence-corrected chi connectivity index (χ2v) is 7.51. The van der Waals surface area contributed by atoms with E-state index in [4.69, 9.17) is 0 Å². The molecule has 0 saturated carbocycles. The van der Waals surface area contributed by atoms with Crippen LogP contribution < -0.4 is 10.2 Å². The van der Waals surface area contributed by atoms with Gasteiger partial charge in [0.1, 0.15) is 11.6 Å². The van der Waals surface area contributed by atoms with Gasteiger partial charge in [-0.3, -0.25) is 4.68 Å². The lowest BCUT2D eigenvalue weighted by molar-refractivity contribution is 0.626. The van der Waals surface area contributed by atoms with Crippen LogP contribution in [0.1, 0.15) is 17.9 Å². The van der Waals surface area contributed by atoms with Gasteiger partial charge in [-0.1, -0.05) is 36.4 Å². The van der Waals surface area contributed by atoms with Crippen molar-refractivity contribution in [3.8, 4) is 0 Å². The van der Waals surface area contributed by atoms with Gasteiger partial charge in [-0.2, -0.15) is 5.10 Å². The molecule has 0 aliphatic heterocycles. The highest BCUT2D eigenvalue weighted by atomic mass is 15.3. The third-order valence-corrected chi connectivity index (χ3v) is 5.20. The molecule has 0 atom stereocenters. The number of nitrogens with zero attached hydrogens (tertiary/aromatic N) is 5. The zero-order valence-electron chi connectivity index (χ0n) is 17.6. The molecule has 2 heterocycles. The SMILES string of the molecule is Cc1nc(CCn2ncc3ccccc32)cc(NCCCN(C)c2ccccc2)n1. The molecule has 30 heavy (non-hydrogen) atoms. The van der Waals surface area contributed by atoms with Gasteiger partial charge >= 0.3 is 0 Å². The maximum atomic E-state index is 4.61. The maximum Gasteiger partial charge on any atom is 0.129 e. The Morgan fingerprint density at radius 3 is 2.67 bits per heavy atom. The first-order valence-electron chi connectivity index (χ1n) is 10.4. The summed E-state index contributed by atoms with van der Waals surface area (Å²) >= 11 is 0. The minimum atomic E-state index is 0.793. The summed E-state index contributed by atoms with van der Waals surface area (Å²) in [6.45, 7) is 4.60. The molecule has 154 valence electrons. The molecule has 2 aromatic carbocycles. The quantitative estimate of drug-likeness (QED) is 0.424. The second kappa shape index (κ2) is 9.39. The topological polar surface area (TPSA) is 58.9 Å². The number of para-hydroxylation sites is 2. The Kier molecular flexibility index (Phi) is 6.23. The van der Waals surface area contributed by atoms with E-state index in [1.165, 1.54) is 11.1 Å². The summed E-state index contributed by atoms with van der Waals surface area (Å²) in [4.78, 5) is 11.4. The van der Waals surface area contributed by atoms with Gasteiger partial charge in [0.2, 0.25) is 0 Å². The van der Waals surface area contributed by atoms with Crippen LogP contribution in [0.25, 0.3) is 10.9 Å². The van der Waals surface area contributed by atoms with Crippen LogP contribution in [0.4, 0.5) is 11.5 Å². The maximum absolute atomic E-state index is 4.61. The molecule has 0 aliphatic carbocycles. The summed E-state index contributed by atoms with van der Waals surface area (Å²) in [6.07, 6.45) is 3.77. The van der Waals surface area contributed by atoms with Crippen molar-refractivity contribution in [2.45, 2.75) is 26.3 Å². The van der Waals surface area contributed by atoms with Crippen LogP contribution in [0.2, 0.25) is 0 Å². The zero-order valence-corrected chi connectivity index (χ0v) is 17.6. The van der Waals surface area contributed by atoms with Crippen molar-refractivity contribution >= 4 is 22.4 Å². The van der Waals surface area contributed by atoms with Crippen molar-refractivity contribution < 1.29 is 0 Å². The number of rotatable bonds is 9. The highest BCUT2D eigenvalue weighted by molar-refractivity contribution is 5.78. The number of fused-ring (bicyclic) bond motifs is 1. The molecule has 0 fully saturated rings. The Morgan fingerprint density at radius 2 is 1.80 bits per heavy atom. The molecule has 6 nitrogen and oxygen atoms in total. The first-order valence-corrected chi connectivity index (χ1v) is 10.4. The number of hydrogen-bond donors (Lipinski definition) is 1. The lowest BCUT2D eigenvalue weighted by atomic mass is 10.2. The lowest BCUT2D eigenvalue weighted by Gasteiger charge is -2.19. The predicted molar refractivity (Wildman–Crippen MR) is 123 cm³/mol. The Labute approximate surface area is 177 Å². The van der Waals surface area contributed by atoms with E-state index < -0.39 is 0 Å². The smallest absolute Gasteiger partial charge is 0.129 e. The van der Waals surface area contributed by atoms with Crippen molar-refractivity contribution in [3.05, 3.63) is 78.4 Å². The standard InChI is InChI=1S/C24H28N6/c1-19-27-21(13-16-30-23-12-7-6-9-20(23)18-26-30)17-24(28-19)25-14-8-15-29(2)22-10-4-3-5-11-22/h3-7,9-12,17-18H,8,13-16H2,1-2H3,(H,25,27,28). The number of hydrogen-bond acceptors (Lipinski definition) is 5. The monoisotopic (exact) mass is 400 g/mol. The molecule has 6 heteroatoms. The van der Waals surface area contributed by atoms with Crippen molar-refractivity contribution in [1.82, 2.24) is 19.7 Å². The van der Waals surface area contributed by atoms with E-state index in [0.717, 1.165) is 55.3 Å². The fourth-order valence-electron chi connectivity index (χ4n) is 3.62. The first-order chi connectivity index (χ1) is 14.7. The summed E-state index contributed by atoms with van der Waals surface area (Å²) in [5.41, 5.74) is 3.43. The molecule has 1 N–H and O–H groups in total. The van der Waals surface area contributed by atoms with E-state index >= 15 is 0 Å². The van der Waals surface area contributed by atoms with E-state index in [1.54, 1.807) is 0 Å². The van der Waals surface area contributed by atoms with Crippen molar-refractivity contribution in [2.24, 2.45) is 0 Å². The Bertz CT molecular complexity index is 1090. The van der Waals surface area contributed by atoms with Gasteiger partial charge in [-0.25, -0.2) is 9.97 Å². The van der Waals surface area contributed by atoms with Gasteiger partial charge in [-0.15, -0.1) is 0 Å². The van der Waals surface area contributed by atoms with Crippen molar-refractivity contribution in [1.29, 1.82) is 0 Å². The molecule has 0 amide bonds. The number of aryl methyl sites for hydroxylation is 3. The van der Waals surface area contributed by atoms with Crippen LogP contribution in [0.3, 0.4) is 0 Å². The van der Waals surface area contributed by atoms with E-state index in [9.17, 15) is 0 Å². The highest BCUT2D eigenvalue weighted by Gasteiger charge is 2.06. The second-order valence-electron chi connectivity index (χ2n) is 7.51. The number of nitrogens with one attached hydrogen (secondary N) is 1. The molecule has 4 aromatic rings. The van der Waals surface area contributed by atoms with Gasteiger partial charge in [-0.05, 0) is 31.5 Å². The average molecular weight is 401 g/mol. The van der Waals surface area contributed by atoms with Crippen LogP contribution in [0.15, 0.2) is 66.9 Å². The zero-order chi connectivity index (χ0) is 20.8. The molecule has 2 aromatic heterocycles. The third-order valence-electron chi connectivity index (χ3n) is 5.20. The Hall–Kier alpha value is -3.41. The molecule has 0 unspecified atom stereocenters. The van der Waals surface area contributed by atoms with Crippen molar-refractivity contribution in [3.63, 3.8) is 0 Å². The number of benzene rings is 2. The minimum absolute atomic E-state index is 0.793. The Morgan fingerprint density at radius 1 is 1.00 bits per heavy atom. The highest BCUT2D eigenvalue weighted by Crippen LogP contribution is 2.15. The van der Waals surface area contributed by atoms with E-state index in [0.29, 0.717) is 0 Å². The number of anilines is 2. The van der Waals surface area contributed by atoms with Gasteiger partial charge in [0.25, 0.3) is 0 Å². The summed E-state index contributed by atoms with van der Waals surface area (Å²) in [7, 11) is 2.13. The van der Waals surface area contributed by atoms with E-state index in [-0.39, 0.29) is 0 Å². The number of aromatic nitrogens is 4. The lowest BCUT2D eigenvalue weighted by Crippen LogP contribution is -2.21. The Balaban J connectivity index is 1.30. The average Bonchev–Trinajstić information content (AvgIpc) is 3.19. The van der Waals surface area contributed by atoms with Gasteiger partial charge in [0, 0.05) is 55.9 Å². The van der Waals surface area contributed by atoms with Gasteiger partial charge in [0.05, 0.1) is 11.7 Å². The predicted octanol–water partition coefficient (Wildman–Crippen LogP) is 4.32. The molecule has 0 saturated heterocycles. The molecule has 0 radical (unpaired) electrons. The van der Waals surface area contributed by atoms with Crippen LogP contribution in [0.5, 0.6) is 0 Å². The minimum Gasteiger partial charge on any atom is -0.375 e. The molecular weight excluding hydrogens is 372 g/mol. The third kappa shape index (κ3) is 4.95. The molecule has 0 bridgehead atoms. The van der Waals surface area contributed by atoms with Gasteiger partial charge in [0.15, 0.2) is 0 Å². The largest absolute Gasteiger partial charge is 0.375 e. The fraction of sp³-hybridized carbons (Fsp3) is 0.292. The van der Waals surface area contributed by atoms with Crippen LogP contribution in [-0.4, -0.2) is 39.9 Å². The van der Waals surface area contributed by atoms with E-state index in [1.807, 2.05) is 36.0 Å². The fourth-order valence-corrected chi connectivity index (χ4v) is 3.62. The normalized spacial score (nSPS) is 11.0. The molecule has 0 aliphatic rings. The summed E-state index contributed by atoms with van der Waals surface area (Å²) in [5, 5.41) is 9.13. The summed E-state index contributed by atoms with van der Waals surface area (Å²) in [5.74, 6) is 1.69. The summed E-state index contributed by atoms with van der Waals surface area (Å²) < 4.78 is 2.04. The van der Waals surface area contributed by atoms with Gasteiger partial charge < -0.3 is 10.2 Å². The molecule has 0 spiro atoms. The van der Waals surface area contributed by atoms with E-state index in [2.05, 4.69) is 74.8 Å². The summed E-state index contributed by atoms with van der Waals surface area (Å²) in [6, 6.07) is 20.8. The molecule has 4 rings (SSSR count). The van der Waals surface area contributed by atoms with Crippen LogP contribution in [-0.2, 0) is 13.0 Å². The molecular formula is C24H28N6.